The topological polar surface area (TPSA) is 80.4 Å². The Hall–Kier alpha value is -1.91. The van der Waals surface area contributed by atoms with E-state index in [1.807, 2.05) is 0 Å². The summed E-state index contributed by atoms with van der Waals surface area (Å²) in [4.78, 5) is 20.8. The molecule has 5 nitrogen and oxygen atoms in total. The molecular weight excluding hydrogens is 186 g/mol. The van der Waals surface area contributed by atoms with Gasteiger partial charge in [0.1, 0.15) is 0 Å². The monoisotopic (exact) mass is 195 g/mol. The molecular formula is C9H9NO4. The molecule has 1 aromatic rings. The van der Waals surface area contributed by atoms with Gasteiger partial charge in [-0.15, -0.1) is 0 Å². The number of hydrogen-bond acceptors (Lipinski definition) is 4. The summed E-state index contributed by atoms with van der Waals surface area (Å²) in [6.07, 6.45) is 0. The maximum Gasteiger partial charge on any atom is 0.311 e. The standard InChI is InChI=1S/C9H9NO4/c1-5-3-4-7(10(13)14)9(12)8(5)6(2)11/h3-4,12H,1-2H3. The number of benzene rings is 1. The van der Waals surface area contributed by atoms with Gasteiger partial charge in [-0.1, -0.05) is 6.07 Å². The quantitative estimate of drug-likeness (QED) is 0.443. The van der Waals surface area contributed by atoms with E-state index in [0.29, 0.717) is 5.56 Å². The van der Waals surface area contributed by atoms with Crippen molar-refractivity contribution in [2.45, 2.75) is 13.8 Å². The van der Waals surface area contributed by atoms with Crippen molar-refractivity contribution in [3.63, 3.8) is 0 Å². The van der Waals surface area contributed by atoms with Gasteiger partial charge in [0.2, 0.25) is 5.75 Å². The van der Waals surface area contributed by atoms with E-state index in [9.17, 15) is 20.0 Å². The second-order valence-electron chi connectivity index (χ2n) is 2.94. The number of phenols is 1. The third-order valence-electron chi connectivity index (χ3n) is 1.91. The second kappa shape index (κ2) is 3.45. The Morgan fingerprint density at radius 1 is 1.50 bits per heavy atom. The molecule has 0 bridgehead atoms. The van der Waals surface area contributed by atoms with E-state index in [-0.39, 0.29) is 11.3 Å². The first-order valence-electron chi connectivity index (χ1n) is 3.93. The van der Waals surface area contributed by atoms with Crippen molar-refractivity contribution in [3.05, 3.63) is 33.4 Å². The average Bonchev–Trinajstić information content (AvgIpc) is 2.02. The smallest absolute Gasteiger partial charge is 0.311 e. The molecule has 0 fully saturated rings. The van der Waals surface area contributed by atoms with Crippen LogP contribution in [-0.4, -0.2) is 15.8 Å². The van der Waals surface area contributed by atoms with Crippen molar-refractivity contribution in [2.75, 3.05) is 0 Å². The largest absolute Gasteiger partial charge is 0.502 e. The van der Waals surface area contributed by atoms with Gasteiger partial charge in [-0.05, 0) is 19.4 Å². The number of rotatable bonds is 2. The molecule has 0 heterocycles. The molecule has 0 radical (unpaired) electrons. The minimum atomic E-state index is -0.721. The molecule has 0 atom stereocenters. The second-order valence-corrected chi connectivity index (χ2v) is 2.94. The van der Waals surface area contributed by atoms with Crippen molar-refractivity contribution < 1.29 is 14.8 Å². The molecule has 0 aromatic heterocycles. The summed E-state index contributed by atoms with van der Waals surface area (Å²) in [5.41, 5.74) is 0.0978. The lowest BCUT2D eigenvalue weighted by atomic mass is 10.0. The van der Waals surface area contributed by atoms with Gasteiger partial charge in [-0.2, -0.15) is 0 Å². The molecule has 1 aromatic carbocycles. The van der Waals surface area contributed by atoms with E-state index in [1.165, 1.54) is 19.1 Å². The van der Waals surface area contributed by atoms with Gasteiger partial charge in [0, 0.05) is 6.07 Å². The minimum absolute atomic E-state index is 0.0131. The Morgan fingerprint density at radius 3 is 2.50 bits per heavy atom. The minimum Gasteiger partial charge on any atom is -0.502 e. The average molecular weight is 195 g/mol. The summed E-state index contributed by atoms with van der Waals surface area (Å²) in [5.74, 6) is -0.939. The van der Waals surface area contributed by atoms with Crippen LogP contribution in [0.4, 0.5) is 5.69 Å². The van der Waals surface area contributed by atoms with Crippen molar-refractivity contribution in [1.29, 1.82) is 0 Å². The van der Waals surface area contributed by atoms with Crippen molar-refractivity contribution in [1.82, 2.24) is 0 Å². The van der Waals surface area contributed by atoms with Crippen LogP contribution in [0.25, 0.3) is 0 Å². The van der Waals surface area contributed by atoms with Gasteiger partial charge in [0.15, 0.2) is 5.78 Å². The van der Waals surface area contributed by atoms with Crippen LogP contribution in [0.15, 0.2) is 12.1 Å². The number of carbonyl (C=O) groups excluding carboxylic acids is 1. The molecule has 0 aliphatic carbocycles. The summed E-state index contributed by atoms with van der Waals surface area (Å²) in [7, 11) is 0. The van der Waals surface area contributed by atoms with E-state index >= 15 is 0 Å². The first-order chi connectivity index (χ1) is 6.45. The SMILES string of the molecule is CC(=O)c1c(C)ccc([N+](=O)[O-])c1O. The summed E-state index contributed by atoms with van der Waals surface area (Å²) in [6.45, 7) is 2.87. The maximum absolute atomic E-state index is 11.1. The maximum atomic E-state index is 11.1. The van der Waals surface area contributed by atoms with Crippen molar-refractivity contribution >= 4 is 11.5 Å². The summed E-state index contributed by atoms with van der Waals surface area (Å²) in [6, 6.07) is 2.62. The van der Waals surface area contributed by atoms with Crippen LogP contribution in [0.1, 0.15) is 22.8 Å². The van der Waals surface area contributed by atoms with Gasteiger partial charge < -0.3 is 5.11 Å². The normalized spacial score (nSPS) is 9.86. The molecule has 74 valence electrons. The lowest BCUT2D eigenvalue weighted by molar-refractivity contribution is -0.385. The lowest BCUT2D eigenvalue weighted by Crippen LogP contribution is -1.99. The number of nitro groups is 1. The zero-order valence-electron chi connectivity index (χ0n) is 7.77. The third-order valence-corrected chi connectivity index (χ3v) is 1.91. The van der Waals surface area contributed by atoms with Gasteiger partial charge in [-0.3, -0.25) is 14.9 Å². The van der Waals surface area contributed by atoms with Crippen LogP contribution in [0.3, 0.4) is 0 Å². The predicted octanol–water partition coefficient (Wildman–Crippen LogP) is 1.81. The Labute approximate surface area is 80.1 Å². The van der Waals surface area contributed by atoms with Crippen molar-refractivity contribution in [3.8, 4) is 5.75 Å². The van der Waals surface area contributed by atoms with Gasteiger partial charge in [-0.25, -0.2) is 0 Å². The zero-order chi connectivity index (χ0) is 10.9. The highest BCUT2D eigenvalue weighted by molar-refractivity contribution is 5.99. The molecule has 5 heteroatoms. The molecule has 0 aliphatic heterocycles. The predicted molar refractivity (Wildman–Crippen MR) is 49.5 cm³/mol. The molecule has 0 saturated carbocycles. The van der Waals surface area contributed by atoms with Gasteiger partial charge >= 0.3 is 5.69 Å². The molecule has 0 unspecified atom stereocenters. The van der Waals surface area contributed by atoms with Crippen LogP contribution >= 0.6 is 0 Å². The van der Waals surface area contributed by atoms with Crippen LogP contribution in [0.2, 0.25) is 0 Å². The summed E-state index contributed by atoms with van der Waals surface area (Å²) in [5, 5.41) is 19.9. The Balaban J connectivity index is 3.49. The number of phenolic OH excluding ortho intramolecular Hbond substituents is 1. The van der Waals surface area contributed by atoms with Crippen LogP contribution in [-0.2, 0) is 0 Å². The number of aromatic hydroxyl groups is 1. The summed E-state index contributed by atoms with van der Waals surface area (Å²) >= 11 is 0. The van der Waals surface area contributed by atoms with Gasteiger partial charge in [0.25, 0.3) is 0 Å². The van der Waals surface area contributed by atoms with E-state index in [2.05, 4.69) is 0 Å². The number of carbonyl (C=O) groups is 1. The van der Waals surface area contributed by atoms with E-state index in [4.69, 9.17) is 0 Å². The van der Waals surface area contributed by atoms with E-state index < -0.39 is 16.4 Å². The lowest BCUT2D eigenvalue weighted by Gasteiger charge is -2.04. The fourth-order valence-electron chi connectivity index (χ4n) is 1.27. The zero-order valence-corrected chi connectivity index (χ0v) is 7.77. The Kier molecular flexibility index (Phi) is 2.51. The van der Waals surface area contributed by atoms with Crippen LogP contribution in [0, 0.1) is 17.0 Å². The van der Waals surface area contributed by atoms with E-state index in [1.54, 1.807) is 6.92 Å². The van der Waals surface area contributed by atoms with Crippen LogP contribution in [0.5, 0.6) is 5.75 Å². The van der Waals surface area contributed by atoms with E-state index in [0.717, 1.165) is 0 Å². The number of nitro benzene ring substituents is 1. The number of nitrogens with zero attached hydrogens (tertiary/aromatic N) is 1. The number of aryl methyl sites for hydroxylation is 1. The first-order valence-corrected chi connectivity index (χ1v) is 3.93. The molecule has 0 saturated heterocycles. The molecule has 1 rings (SSSR count). The molecule has 0 aliphatic rings. The first kappa shape index (κ1) is 10.2. The summed E-state index contributed by atoms with van der Waals surface area (Å²) < 4.78 is 0. The fraction of sp³-hybridized carbons (Fsp3) is 0.222. The van der Waals surface area contributed by atoms with Gasteiger partial charge in [0.05, 0.1) is 10.5 Å². The Bertz CT molecular complexity index is 412. The molecule has 0 spiro atoms. The number of hydrogen-bond donors (Lipinski definition) is 1. The highest BCUT2D eigenvalue weighted by Gasteiger charge is 2.20. The van der Waals surface area contributed by atoms with Crippen molar-refractivity contribution in [2.24, 2.45) is 0 Å². The fourth-order valence-corrected chi connectivity index (χ4v) is 1.27. The Morgan fingerprint density at radius 2 is 2.07 bits per heavy atom. The third kappa shape index (κ3) is 1.56. The molecule has 1 N–H and O–H groups in total. The highest BCUT2D eigenvalue weighted by atomic mass is 16.6. The molecule has 0 amide bonds. The number of ketones is 1. The number of Topliss-reactive ketones (excluding diaryl/α,β-unsaturated/α-hetero) is 1. The molecule has 14 heavy (non-hydrogen) atoms. The highest BCUT2D eigenvalue weighted by Crippen LogP contribution is 2.31. The van der Waals surface area contributed by atoms with Crippen LogP contribution < -0.4 is 0 Å².